The van der Waals surface area contributed by atoms with Crippen molar-refractivity contribution in [2.45, 2.75) is 26.7 Å². The third kappa shape index (κ3) is 3.18. The smallest absolute Gasteiger partial charge is 0.335 e. The number of hydrogen-bond donors (Lipinski definition) is 1. The van der Waals surface area contributed by atoms with Gasteiger partial charge in [-0.2, -0.15) is 0 Å². The van der Waals surface area contributed by atoms with Gasteiger partial charge in [0.2, 0.25) is 0 Å². The van der Waals surface area contributed by atoms with E-state index in [-0.39, 0.29) is 5.56 Å². The Morgan fingerprint density at radius 3 is 2.55 bits per heavy atom. The van der Waals surface area contributed by atoms with Crippen LogP contribution in [0, 0.1) is 6.92 Å². The van der Waals surface area contributed by atoms with E-state index in [1.807, 2.05) is 13.0 Å². The summed E-state index contributed by atoms with van der Waals surface area (Å²) in [7, 11) is 0. The van der Waals surface area contributed by atoms with E-state index < -0.39 is 5.97 Å². The lowest BCUT2D eigenvalue weighted by Gasteiger charge is -2.14. The van der Waals surface area contributed by atoms with Gasteiger partial charge in [-0.3, -0.25) is 0 Å². The molecule has 0 fully saturated rings. The molecule has 3 heteroatoms. The molecule has 0 bridgehead atoms. The first kappa shape index (κ1) is 14.1. The van der Waals surface area contributed by atoms with Crippen LogP contribution in [0.4, 0.5) is 0 Å². The van der Waals surface area contributed by atoms with E-state index in [4.69, 9.17) is 9.84 Å². The zero-order valence-corrected chi connectivity index (χ0v) is 11.9. The van der Waals surface area contributed by atoms with Crippen LogP contribution in [0.5, 0.6) is 11.5 Å². The molecule has 20 heavy (non-hydrogen) atoms. The summed E-state index contributed by atoms with van der Waals surface area (Å²) in [6.07, 6.45) is 0. The molecule has 0 saturated carbocycles. The van der Waals surface area contributed by atoms with E-state index >= 15 is 0 Å². The van der Waals surface area contributed by atoms with Crippen molar-refractivity contribution in [1.29, 1.82) is 0 Å². The molecule has 1 N–H and O–H groups in total. The Bertz CT molecular complexity index is 630. The van der Waals surface area contributed by atoms with Gasteiger partial charge in [-0.15, -0.1) is 0 Å². The van der Waals surface area contributed by atoms with Crippen molar-refractivity contribution in [3.8, 4) is 11.5 Å². The molecule has 2 aromatic rings. The molecule has 0 aliphatic carbocycles. The summed E-state index contributed by atoms with van der Waals surface area (Å²) in [4.78, 5) is 11.0. The number of ether oxygens (including phenoxy) is 1. The molecular weight excluding hydrogens is 252 g/mol. The van der Waals surface area contributed by atoms with Gasteiger partial charge in [0, 0.05) is 0 Å². The van der Waals surface area contributed by atoms with Crippen molar-refractivity contribution in [1.82, 2.24) is 0 Å². The summed E-state index contributed by atoms with van der Waals surface area (Å²) in [5.41, 5.74) is 2.44. The topological polar surface area (TPSA) is 46.5 Å². The quantitative estimate of drug-likeness (QED) is 0.882. The molecule has 0 saturated heterocycles. The Kier molecular flexibility index (Phi) is 4.08. The highest BCUT2D eigenvalue weighted by molar-refractivity contribution is 5.88. The second kappa shape index (κ2) is 5.78. The molecule has 0 radical (unpaired) electrons. The van der Waals surface area contributed by atoms with E-state index in [0.29, 0.717) is 11.7 Å². The first-order valence-corrected chi connectivity index (χ1v) is 6.59. The lowest BCUT2D eigenvalue weighted by molar-refractivity contribution is 0.0696. The monoisotopic (exact) mass is 270 g/mol. The van der Waals surface area contributed by atoms with Crippen molar-refractivity contribution in [2.75, 3.05) is 0 Å². The fourth-order valence-corrected chi connectivity index (χ4v) is 2.03. The first-order valence-electron chi connectivity index (χ1n) is 6.59. The molecule has 0 heterocycles. The third-order valence-electron chi connectivity index (χ3n) is 3.10. The van der Waals surface area contributed by atoms with Crippen molar-refractivity contribution in [3.63, 3.8) is 0 Å². The summed E-state index contributed by atoms with van der Waals surface area (Å²) < 4.78 is 5.88. The van der Waals surface area contributed by atoms with E-state index in [1.165, 1.54) is 6.07 Å². The average molecular weight is 270 g/mol. The summed E-state index contributed by atoms with van der Waals surface area (Å²) in [5, 5.41) is 9.01. The summed E-state index contributed by atoms with van der Waals surface area (Å²) in [6.45, 7) is 6.21. The lowest BCUT2D eigenvalue weighted by atomic mass is 10.0. The number of carboxylic acid groups (broad SMARTS) is 1. The van der Waals surface area contributed by atoms with Gasteiger partial charge in [0.25, 0.3) is 0 Å². The fourth-order valence-electron chi connectivity index (χ4n) is 2.03. The highest BCUT2D eigenvalue weighted by Gasteiger charge is 2.10. The Labute approximate surface area is 118 Å². The Morgan fingerprint density at radius 2 is 1.90 bits per heavy atom. The minimum absolute atomic E-state index is 0.223. The zero-order chi connectivity index (χ0) is 14.7. The number of aromatic carboxylic acids is 1. The highest BCUT2D eigenvalue weighted by atomic mass is 16.5. The maximum Gasteiger partial charge on any atom is 0.335 e. The normalized spacial score (nSPS) is 10.6. The molecule has 2 aromatic carbocycles. The third-order valence-corrected chi connectivity index (χ3v) is 3.10. The van der Waals surface area contributed by atoms with Crippen LogP contribution in [0.1, 0.15) is 41.3 Å². The van der Waals surface area contributed by atoms with E-state index in [9.17, 15) is 4.79 Å². The Balaban J connectivity index is 2.36. The van der Waals surface area contributed by atoms with Crippen molar-refractivity contribution in [3.05, 3.63) is 59.2 Å². The maximum atomic E-state index is 11.0. The minimum Gasteiger partial charge on any atom is -0.478 e. The van der Waals surface area contributed by atoms with Gasteiger partial charge in [0.1, 0.15) is 11.5 Å². The van der Waals surface area contributed by atoms with E-state index in [2.05, 4.69) is 26.0 Å². The molecular formula is C17H18O3. The van der Waals surface area contributed by atoms with Crippen LogP contribution in [-0.4, -0.2) is 11.1 Å². The van der Waals surface area contributed by atoms with Gasteiger partial charge in [-0.25, -0.2) is 4.79 Å². The molecule has 0 aliphatic heterocycles. The molecule has 0 spiro atoms. The van der Waals surface area contributed by atoms with Gasteiger partial charge in [0.15, 0.2) is 0 Å². The van der Waals surface area contributed by atoms with Crippen LogP contribution in [0.15, 0.2) is 42.5 Å². The van der Waals surface area contributed by atoms with Crippen molar-refractivity contribution in [2.24, 2.45) is 0 Å². The predicted octanol–water partition coefficient (Wildman–Crippen LogP) is 4.61. The highest BCUT2D eigenvalue weighted by Crippen LogP contribution is 2.31. The van der Waals surface area contributed by atoms with Gasteiger partial charge in [-0.1, -0.05) is 32.0 Å². The molecule has 104 valence electrons. The molecule has 0 atom stereocenters. The molecule has 0 unspecified atom stereocenters. The number of hydrogen-bond acceptors (Lipinski definition) is 2. The van der Waals surface area contributed by atoms with Crippen LogP contribution >= 0.6 is 0 Å². The zero-order valence-electron chi connectivity index (χ0n) is 11.9. The summed E-state index contributed by atoms with van der Waals surface area (Å²) in [5.74, 6) is 0.706. The second-order valence-electron chi connectivity index (χ2n) is 5.13. The molecule has 3 nitrogen and oxygen atoms in total. The SMILES string of the molecule is Cc1ccc(C(C)C)c(Oc2cccc(C(=O)O)c2)c1. The number of carboxylic acids is 1. The lowest BCUT2D eigenvalue weighted by Crippen LogP contribution is -1.98. The fraction of sp³-hybridized carbons (Fsp3) is 0.235. The van der Waals surface area contributed by atoms with Gasteiger partial charge in [-0.05, 0) is 48.2 Å². The van der Waals surface area contributed by atoms with Crippen LogP contribution in [0.2, 0.25) is 0 Å². The molecule has 0 aromatic heterocycles. The molecule has 0 aliphatic rings. The molecule has 2 rings (SSSR count). The Morgan fingerprint density at radius 1 is 1.15 bits per heavy atom. The number of benzene rings is 2. The van der Waals surface area contributed by atoms with Gasteiger partial charge in [0.05, 0.1) is 5.56 Å². The minimum atomic E-state index is -0.955. The number of aryl methyl sites for hydroxylation is 1. The average Bonchev–Trinajstić information content (AvgIpc) is 2.38. The van der Waals surface area contributed by atoms with Crippen LogP contribution < -0.4 is 4.74 Å². The second-order valence-corrected chi connectivity index (χ2v) is 5.13. The summed E-state index contributed by atoms with van der Waals surface area (Å²) >= 11 is 0. The van der Waals surface area contributed by atoms with Crippen molar-refractivity contribution >= 4 is 5.97 Å². The van der Waals surface area contributed by atoms with Gasteiger partial charge < -0.3 is 9.84 Å². The van der Waals surface area contributed by atoms with Gasteiger partial charge >= 0.3 is 5.97 Å². The van der Waals surface area contributed by atoms with Crippen LogP contribution in [0.3, 0.4) is 0 Å². The first-order chi connectivity index (χ1) is 9.47. The van der Waals surface area contributed by atoms with Crippen LogP contribution in [-0.2, 0) is 0 Å². The maximum absolute atomic E-state index is 11.0. The summed E-state index contributed by atoms with van der Waals surface area (Å²) in [6, 6.07) is 12.6. The van der Waals surface area contributed by atoms with Crippen molar-refractivity contribution < 1.29 is 14.6 Å². The Hall–Kier alpha value is -2.29. The predicted molar refractivity (Wildman–Crippen MR) is 78.7 cm³/mol. The van der Waals surface area contributed by atoms with E-state index in [0.717, 1.165) is 16.9 Å². The van der Waals surface area contributed by atoms with E-state index in [1.54, 1.807) is 18.2 Å². The van der Waals surface area contributed by atoms with Crippen LogP contribution in [0.25, 0.3) is 0 Å². The number of rotatable bonds is 4. The standard InChI is InChI=1S/C17H18O3/c1-11(2)15-8-7-12(3)9-16(15)20-14-6-4-5-13(10-14)17(18)19/h4-11H,1-3H3,(H,18,19). The number of carbonyl (C=O) groups is 1. The molecule has 0 amide bonds. The largest absolute Gasteiger partial charge is 0.478 e.